The van der Waals surface area contributed by atoms with Gasteiger partial charge in [0.1, 0.15) is 6.04 Å². The van der Waals surface area contributed by atoms with Crippen molar-refractivity contribution >= 4 is 17.7 Å². The number of benzene rings is 1. The van der Waals surface area contributed by atoms with Crippen LogP contribution in [-0.2, 0) is 22.6 Å². The van der Waals surface area contributed by atoms with Gasteiger partial charge in [0.15, 0.2) is 0 Å². The highest BCUT2D eigenvalue weighted by atomic mass is 16.2. The number of likely N-dealkylation sites (N-methyl/N-ethyl adjacent to an activating group) is 1. The van der Waals surface area contributed by atoms with E-state index in [2.05, 4.69) is 20.9 Å². The summed E-state index contributed by atoms with van der Waals surface area (Å²) in [6, 6.07) is 4.81. The van der Waals surface area contributed by atoms with Crippen LogP contribution in [0.2, 0.25) is 0 Å². The molecule has 0 spiro atoms. The van der Waals surface area contributed by atoms with Crippen LogP contribution in [0.5, 0.6) is 0 Å². The topological polar surface area (TPSA) is 109 Å². The van der Waals surface area contributed by atoms with E-state index in [0.717, 1.165) is 29.9 Å². The number of imide groups is 1. The number of nitrogens with zero attached hydrogens (tertiary/aromatic N) is 4. The first kappa shape index (κ1) is 17.3. The summed E-state index contributed by atoms with van der Waals surface area (Å²) in [6.45, 7) is 1.11. The number of piperidine rings is 1. The fourth-order valence-electron chi connectivity index (χ4n) is 3.57. The predicted octanol–water partition coefficient (Wildman–Crippen LogP) is -0.210. The third kappa shape index (κ3) is 3.10. The van der Waals surface area contributed by atoms with Crippen LogP contribution in [0.1, 0.15) is 34.5 Å². The van der Waals surface area contributed by atoms with Gasteiger partial charge < -0.3 is 10.2 Å². The van der Waals surface area contributed by atoms with Crippen molar-refractivity contribution in [2.45, 2.75) is 31.8 Å². The molecule has 1 atom stereocenters. The average Bonchev–Trinajstić information content (AvgIpc) is 3.25. The van der Waals surface area contributed by atoms with E-state index < -0.39 is 11.9 Å². The Morgan fingerprint density at radius 1 is 1.30 bits per heavy atom. The lowest BCUT2D eigenvalue weighted by molar-refractivity contribution is -0.136. The van der Waals surface area contributed by atoms with Gasteiger partial charge in [-0.15, -0.1) is 5.10 Å². The van der Waals surface area contributed by atoms with Gasteiger partial charge in [-0.1, -0.05) is 11.3 Å². The molecule has 3 heterocycles. The number of carbonyl (C=O) groups excluding carboxylic acids is 3. The SMILES string of the molecule is CNCCc1cn(-c2cccc3c2CN(C2CCC(=O)NC2=O)C3=O)nn1. The van der Waals surface area contributed by atoms with Crippen LogP contribution in [0.4, 0.5) is 0 Å². The number of nitrogens with one attached hydrogen (secondary N) is 2. The largest absolute Gasteiger partial charge is 0.322 e. The number of hydrogen-bond donors (Lipinski definition) is 2. The highest BCUT2D eigenvalue weighted by Crippen LogP contribution is 2.31. The molecule has 3 amide bonds. The van der Waals surface area contributed by atoms with E-state index in [1.807, 2.05) is 19.3 Å². The molecule has 9 nitrogen and oxygen atoms in total. The summed E-state index contributed by atoms with van der Waals surface area (Å²) in [5.74, 6) is -0.904. The van der Waals surface area contributed by atoms with Crippen molar-refractivity contribution in [2.75, 3.05) is 13.6 Å². The van der Waals surface area contributed by atoms with Crippen molar-refractivity contribution in [3.8, 4) is 5.69 Å². The van der Waals surface area contributed by atoms with E-state index in [1.54, 1.807) is 16.8 Å². The van der Waals surface area contributed by atoms with E-state index in [9.17, 15) is 14.4 Å². The van der Waals surface area contributed by atoms with Crippen LogP contribution >= 0.6 is 0 Å². The van der Waals surface area contributed by atoms with E-state index in [0.29, 0.717) is 18.5 Å². The molecule has 0 radical (unpaired) electrons. The summed E-state index contributed by atoms with van der Waals surface area (Å²) < 4.78 is 1.67. The lowest BCUT2D eigenvalue weighted by Gasteiger charge is -2.29. The number of rotatable bonds is 5. The van der Waals surface area contributed by atoms with E-state index >= 15 is 0 Å². The summed E-state index contributed by atoms with van der Waals surface area (Å²) in [4.78, 5) is 38.0. The molecule has 0 aliphatic carbocycles. The second-order valence-electron chi connectivity index (χ2n) is 6.71. The van der Waals surface area contributed by atoms with Gasteiger partial charge in [-0.2, -0.15) is 0 Å². The zero-order valence-corrected chi connectivity index (χ0v) is 14.9. The van der Waals surface area contributed by atoms with Gasteiger partial charge in [0.25, 0.3) is 5.91 Å². The minimum atomic E-state index is -0.627. The van der Waals surface area contributed by atoms with Gasteiger partial charge in [0.05, 0.1) is 17.6 Å². The molecular weight excluding hydrogens is 348 g/mol. The molecule has 0 bridgehead atoms. The smallest absolute Gasteiger partial charge is 0.255 e. The first-order valence-corrected chi connectivity index (χ1v) is 8.91. The molecule has 1 aromatic heterocycles. The quantitative estimate of drug-likeness (QED) is 0.707. The van der Waals surface area contributed by atoms with Crippen LogP contribution < -0.4 is 10.6 Å². The van der Waals surface area contributed by atoms with Crippen LogP contribution in [0, 0.1) is 0 Å². The number of fused-ring (bicyclic) bond motifs is 1. The van der Waals surface area contributed by atoms with Gasteiger partial charge in [-0.25, -0.2) is 4.68 Å². The molecule has 0 saturated carbocycles. The molecule has 9 heteroatoms. The Hall–Kier alpha value is -3.07. The average molecular weight is 368 g/mol. The van der Waals surface area contributed by atoms with Crippen molar-refractivity contribution in [1.82, 2.24) is 30.5 Å². The molecular formula is C18H20N6O3. The lowest BCUT2D eigenvalue weighted by Crippen LogP contribution is -2.52. The molecule has 140 valence electrons. The Balaban J connectivity index is 1.62. The summed E-state index contributed by atoms with van der Waals surface area (Å²) in [5.41, 5.74) is 3.01. The number of aromatic nitrogens is 3. The van der Waals surface area contributed by atoms with Gasteiger partial charge in [0, 0.05) is 37.1 Å². The van der Waals surface area contributed by atoms with Gasteiger partial charge in [-0.3, -0.25) is 19.7 Å². The Morgan fingerprint density at radius 3 is 2.93 bits per heavy atom. The van der Waals surface area contributed by atoms with E-state index in [4.69, 9.17) is 0 Å². The van der Waals surface area contributed by atoms with Crippen molar-refractivity contribution in [3.05, 3.63) is 41.2 Å². The first-order valence-electron chi connectivity index (χ1n) is 8.91. The molecule has 1 unspecified atom stereocenters. The summed E-state index contributed by atoms with van der Waals surface area (Å²) >= 11 is 0. The maximum absolute atomic E-state index is 12.9. The molecule has 1 fully saturated rings. The standard InChI is InChI=1S/C18H20N6O3/c1-19-8-7-11-9-24(22-21-11)14-4-2-3-12-13(14)10-23(18(12)27)15-5-6-16(25)20-17(15)26/h2-4,9,15,19H,5-8,10H2,1H3,(H,20,25,26). The van der Waals surface area contributed by atoms with Crippen LogP contribution in [0.3, 0.4) is 0 Å². The monoisotopic (exact) mass is 368 g/mol. The molecule has 27 heavy (non-hydrogen) atoms. The van der Waals surface area contributed by atoms with Gasteiger partial charge >= 0.3 is 0 Å². The fraction of sp³-hybridized carbons (Fsp3) is 0.389. The van der Waals surface area contributed by atoms with Crippen LogP contribution in [0.25, 0.3) is 5.69 Å². The van der Waals surface area contributed by atoms with E-state index in [1.165, 1.54) is 4.90 Å². The number of carbonyl (C=O) groups is 3. The van der Waals surface area contributed by atoms with Crippen molar-refractivity contribution in [2.24, 2.45) is 0 Å². The fourth-order valence-corrected chi connectivity index (χ4v) is 3.57. The maximum Gasteiger partial charge on any atom is 0.255 e. The zero-order valence-electron chi connectivity index (χ0n) is 14.9. The maximum atomic E-state index is 12.9. The third-order valence-electron chi connectivity index (χ3n) is 4.98. The molecule has 2 aliphatic heterocycles. The molecule has 2 aromatic rings. The van der Waals surface area contributed by atoms with Gasteiger partial charge in [-0.05, 0) is 25.6 Å². The highest BCUT2D eigenvalue weighted by Gasteiger charge is 2.40. The number of hydrogen-bond acceptors (Lipinski definition) is 6. The Kier molecular flexibility index (Phi) is 4.44. The second-order valence-corrected chi connectivity index (χ2v) is 6.71. The number of amides is 3. The minimum absolute atomic E-state index is 0.197. The van der Waals surface area contributed by atoms with Gasteiger partial charge in [0.2, 0.25) is 11.8 Å². The Labute approximate surface area is 155 Å². The highest BCUT2D eigenvalue weighted by molar-refractivity contribution is 6.05. The summed E-state index contributed by atoms with van der Waals surface area (Å²) in [5, 5.41) is 13.8. The normalized spacial score (nSPS) is 19.4. The second kappa shape index (κ2) is 6.92. The Morgan fingerprint density at radius 2 is 2.15 bits per heavy atom. The van der Waals surface area contributed by atoms with E-state index in [-0.39, 0.29) is 18.2 Å². The molecule has 1 saturated heterocycles. The van der Waals surface area contributed by atoms with Crippen molar-refractivity contribution < 1.29 is 14.4 Å². The lowest BCUT2D eigenvalue weighted by atomic mass is 10.0. The van der Waals surface area contributed by atoms with Crippen molar-refractivity contribution in [3.63, 3.8) is 0 Å². The minimum Gasteiger partial charge on any atom is -0.322 e. The van der Waals surface area contributed by atoms with Crippen LogP contribution in [0.15, 0.2) is 24.4 Å². The molecule has 4 rings (SSSR count). The first-order chi connectivity index (χ1) is 13.1. The Bertz CT molecular complexity index is 922. The molecule has 1 aromatic carbocycles. The van der Waals surface area contributed by atoms with Crippen molar-refractivity contribution in [1.29, 1.82) is 0 Å². The summed E-state index contributed by atoms with van der Waals surface area (Å²) in [6.07, 6.45) is 3.19. The van der Waals surface area contributed by atoms with Crippen LogP contribution in [-0.4, -0.2) is 57.2 Å². The third-order valence-corrected chi connectivity index (χ3v) is 4.98. The predicted molar refractivity (Wildman–Crippen MR) is 95.0 cm³/mol. The zero-order chi connectivity index (χ0) is 19.0. The summed E-state index contributed by atoms with van der Waals surface area (Å²) in [7, 11) is 1.88. The molecule has 2 N–H and O–H groups in total. The molecule has 2 aliphatic rings.